The molecule has 6 nitrogen and oxygen atoms in total. The van der Waals surface area contributed by atoms with Gasteiger partial charge in [0, 0.05) is 13.1 Å². The molecular weight excluding hydrogens is 282 g/mol. The number of rotatable bonds is 5. The van der Waals surface area contributed by atoms with Crippen molar-refractivity contribution >= 4 is 17.5 Å². The zero-order valence-electron chi connectivity index (χ0n) is 13.5. The van der Waals surface area contributed by atoms with Crippen molar-refractivity contribution in [3.63, 3.8) is 0 Å². The number of pyridine rings is 1. The van der Waals surface area contributed by atoms with E-state index >= 15 is 0 Å². The van der Waals surface area contributed by atoms with Gasteiger partial charge in [-0.25, -0.2) is 0 Å². The lowest BCUT2D eigenvalue weighted by Crippen LogP contribution is -2.43. The molecule has 2 unspecified atom stereocenters. The van der Waals surface area contributed by atoms with Crippen LogP contribution in [0.3, 0.4) is 0 Å². The van der Waals surface area contributed by atoms with Gasteiger partial charge in [0.25, 0.3) is 0 Å². The second kappa shape index (κ2) is 6.85. The van der Waals surface area contributed by atoms with Crippen molar-refractivity contribution in [2.24, 2.45) is 11.8 Å². The number of carboxylic acids is 1. The minimum absolute atomic E-state index is 0.0124. The zero-order chi connectivity index (χ0) is 16.3. The molecular formula is C16H25N3O3. The largest absolute Gasteiger partial charge is 0.481 e. The van der Waals surface area contributed by atoms with Crippen molar-refractivity contribution in [2.45, 2.75) is 39.7 Å². The number of aliphatic carboxylic acids is 1. The second-order valence-corrected chi connectivity index (χ2v) is 6.18. The average molecular weight is 307 g/mol. The molecule has 0 spiro atoms. The average Bonchev–Trinajstić information content (AvgIpc) is 2.48. The van der Waals surface area contributed by atoms with Crippen LogP contribution in [0.5, 0.6) is 5.88 Å². The fourth-order valence-corrected chi connectivity index (χ4v) is 2.80. The first-order valence-electron chi connectivity index (χ1n) is 7.81. The molecule has 1 aliphatic rings. The highest BCUT2D eigenvalue weighted by atomic mass is 16.5. The summed E-state index contributed by atoms with van der Waals surface area (Å²) >= 11 is 0. The van der Waals surface area contributed by atoms with Gasteiger partial charge in [-0.05, 0) is 38.3 Å². The standard InChI is InChI=1S/C16H25N3O3/c1-4-11-7-12(16(20)21)9-19(8-11)14-6-5-13(17)15(18-14)22-10(2)3/h5-6,10-12H,4,7-9,17H2,1-3H3,(H,20,21). The van der Waals surface area contributed by atoms with Crippen molar-refractivity contribution in [1.82, 2.24) is 4.98 Å². The predicted octanol–water partition coefficient (Wildman–Crippen LogP) is 2.39. The summed E-state index contributed by atoms with van der Waals surface area (Å²) in [5.74, 6) is 0.417. The third kappa shape index (κ3) is 3.81. The molecule has 2 heterocycles. The molecule has 2 rings (SSSR count). The van der Waals surface area contributed by atoms with E-state index in [0.29, 0.717) is 24.0 Å². The topological polar surface area (TPSA) is 88.7 Å². The van der Waals surface area contributed by atoms with Crippen molar-refractivity contribution < 1.29 is 14.6 Å². The summed E-state index contributed by atoms with van der Waals surface area (Å²) in [5.41, 5.74) is 6.39. The number of carboxylic acid groups (broad SMARTS) is 1. The molecule has 0 aromatic carbocycles. The number of piperidine rings is 1. The lowest BCUT2D eigenvalue weighted by molar-refractivity contribution is -0.142. The third-order valence-electron chi connectivity index (χ3n) is 4.01. The second-order valence-electron chi connectivity index (χ2n) is 6.18. The molecule has 0 bridgehead atoms. The van der Waals surface area contributed by atoms with Crippen LogP contribution >= 0.6 is 0 Å². The van der Waals surface area contributed by atoms with Gasteiger partial charge in [-0.2, -0.15) is 4.98 Å². The SMILES string of the molecule is CCC1CC(C(=O)O)CN(c2ccc(N)c(OC(C)C)n2)C1. The van der Waals surface area contributed by atoms with E-state index in [1.54, 1.807) is 6.07 Å². The van der Waals surface area contributed by atoms with Gasteiger partial charge >= 0.3 is 5.97 Å². The summed E-state index contributed by atoms with van der Waals surface area (Å²) in [5, 5.41) is 9.34. The Bertz CT molecular complexity index is 533. The fraction of sp³-hybridized carbons (Fsp3) is 0.625. The number of hydrogen-bond acceptors (Lipinski definition) is 5. The lowest BCUT2D eigenvalue weighted by Gasteiger charge is -2.36. The van der Waals surface area contributed by atoms with Crippen molar-refractivity contribution in [2.75, 3.05) is 23.7 Å². The number of ether oxygens (including phenoxy) is 1. The molecule has 1 saturated heterocycles. The summed E-state index contributed by atoms with van der Waals surface area (Å²) in [4.78, 5) is 17.9. The monoisotopic (exact) mass is 307 g/mol. The third-order valence-corrected chi connectivity index (χ3v) is 4.01. The first-order chi connectivity index (χ1) is 10.4. The Morgan fingerprint density at radius 2 is 2.23 bits per heavy atom. The molecule has 0 radical (unpaired) electrons. The quantitative estimate of drug-likeness (QED) is 0.868. The highest BCUT2D eigenvalue weighted by Crippen LogP contribution is 2.30. The Morgan fingerprint density at radius 1 is 1.50 bits per heavy atom. The maximum Gasteiger partial charge on any atom is 0.308 e. The number of nitrogens with zero attached hydrogens (tertiary/aromatic N) is 2. The van der Waals surface area contributed by atoms with E-state index in [4.69, 9.17) is 10.5 Å². The Labute approximate surface area is 131 Å². The summed E-state index contributed by atoms with van der Waals surface area (Å²) < 4.78 is 5.62. The normalized spacial score (nSPS) is 21.9. The molecule has 3 N–H and O–H groups in total. The van der Waals surface area contributed by atoms with E-state index in [1.807, 2.05) is 24.8 Å². The first kappa shape index (κ1) is 16.4. The van der Waals surface area contributed by atoms with Crippen molar-refractivity contribution in [3.8, 4) is 5.88 Å². The van der Waals surface area contributed by atoms with Crippen LogP contribution < -0.4 is 15.4 Å². The first-order valence-corrected chi connectivity index (χ1v) is 7.81. The molecule has 1 aromatic rings. The van der Waals surface area contributed by atoms with E-state index in [-0.39, 0.29) is 12.0 Å². The molecule has 1 aliphatic heterocycles. The Morgan fingerprint density at radius 3 is 2.82 bits per heavy atom. The van der Waals surface area contributed by atoms with Crippen LogP contribution in [-0.2, 0) is 4.79 Å². The molecule has 1 aromatic heterocycles. The van der Waals surface area contributed by atoms with E-state index in [1.165, 1.54) is 0 Å². The van der Waals surface area contributed by atoms with Gasteiger partial charge in [0.15, 0.2) is 0 Å². The van der Waals surface area contributed by atoms with Gasteiger partial charge in [0.1, 0.15) is 5.82 Å². The zero-order valence-corrected chi connectivity index (χ0v) is 13.5. The molecule has 6 heteroatoms. The number of hydrogen-bond donors (Lipinski definition) is 2. The number of nitrogens with two attached hydrogens (primary N) is 1. The van der Waals surface area contributed by atoms with Gasteiger partial charge in [-0.1, -0.05) is 13.3 Å². The van der Waals surface area contributed by atoms with E-state index in [9.17, 15) is 9.90 Å². The molecule has 22 heavy (non-hydrogen) atoms. The van der Waals surface area contributed by atoms with Crippen molar-refractivity contribution in [1.29, 1.82) is 0 Å². The highest BCUT2D eigenvalue weighted by Gasteiger charge is 2.31. The van der Waals surface area contributed by atoms with E-state index in [0.717, 1.165) is 25.2 Å². The number of aromatic nitrogens is 1. The van der Waals surface area contributed by atoms with Gasteiger partial charge < -0.3 is 20.5 Å². The Hall–Kier alpha value is -1.98. The van der Waals surface area contributed by atoms with Crippen LogP contribution in [-0.4, -0.2) is 35.3 Å². The van der Waals surface area contributed by atoms with E-state index in [2.05, 4.69) is 11.9 Å². The molecule has 1 fully saturated rings. The molecule has 0 saturated carbocycles. The number of anilines is 2. The highest BCUT2D eigenvalue weighted by molar-refractivity contribution is 5.71. The van der Waals surface area contributed by atoms with E-state index < -0.39 is 5.97 Å². The molecule has 0 aliphatic carbocycles. The van der Waals surface area contributed by atoms with Crippen molar-refractivity contribution in [3.05, 3.63) is 12.1 Å². The van der Waals surface area contributed by atoms with Crippen LogP contribution in [0.25, 0.3) is 0 Å². The van der Waals surface area contributed by atoms with Crippen LogP contribution in [0.2, 0.25) is 0 Å². The minimum Gasteiger partial charge on any atom is -0.481 e. The fourth-order valence-electron chi connectivity index (χ4n) is 2.80. The summed E-state index contributed by atoms with van der Waals surface area (Å²) in [6.07, 6.45) is 1.68. The van der Waals surface area contributed by atoms with Gasteiger partial charge in [0.05, 0.1) is 17.7 Å². The number of nitrogen functional groups attached to an aromatic ring is 1. The summed E-state index contributed by atoms with van der Waals surface area (Å²) in [6, 6.07) is 3.60. The molecule has 122 valence electrons. The minimum atomic E-state index is -0.739. The predicted molar refractivity (Wildman–Crippen MR) is 86.2 cm³/mol. The van der Waals surface area contributed by atoms with Crippen LogP contribution in [0.1, 0.15) is 33.6 Å². The lowest BCUT2D eigenvalue weighted by atomic mass is 9.87. The smallest absolute Gasteiger partial charge is 0.308 e. The van der Waals surface area contributed by atoms with Gasteiger partial charge in [-0.15, -0.1) is 0 Å². The summed E-state index contributed by atoms with van der Waals surface area (Å²) in [7, 11) is 0. The van der Waals surface area contributed by atoms with Crippen LogP contribution in [0.4, 0.5) is 11.5 Å². The Balaban J connectivity index is 2.23. The Kier molecular flexibility index (Phi) is 5.11. The van der Waals surface area contributed by atoms with Crippen LogP contribution in [0, 0.1) is 11.8 Å². The number of carbonyl (C=O) groups is 1. The molecule has 0 amide bonds. The van der Waals surface area contributed by atoms with Gasteiger partial charge in [-0.3, -0.25) is 4.79 Å². The maximum absolute atomic E-state index is 11.4. The van der Waals surface area contributed by atoms with Crippen LogP contribution in [0.15, 0.2) is 12.1 Å². The maximum atomic E-state index is 11.4. The van der Waals surface area contributed by atoms with Gasteiger partial charge in [0.2, 0.25) is 5.88 Å². The molecule has 2 atom stereocenters. The summed E-state index contributed by atoms with van der Waals surface area (Å²) in [6.45, 7) is 7.23.